The lowest BCUT2D eigenvalue weighted by Crippen LogP contribution is -2.40. The number of ether oxygens (including phenoxy) is 1. The van der Waals surface area contributed by atoms with Crippen molar-refractivity contribution in [1.82, 2.24) is 9.29 Å². The van der Waals surface area contributed by atoms with Crippen LogP contribution in [0.15, 0.2) is 46.5 Å². The Kier molecular flexibility index (Phi) is 6.54. The molecule has 0 unspecified atom stereocenters. The largest absolute Gasteiger partial charge is 0.379 e. The number of ketones is 1. The average molecular weight is 421 g/mol. The third-order valence-electron chi connectivity index (χ3n) is 4.78. The SMILES string of the molecule is Cc1ccc(C(=O)[C@H](C)Sc2ccc(S(=O)(=O)N3CCOCC3)cn2)cc1C. The number of aromatic nitrogens is 1. The Morgan fingerprint density at radius 2 is 1.86 bits per heavy atom. The van der Waals surface area contributed by atoms with Crippen LogP contribution in [0.2, 0.25) is 0 Å². The summed E-state index contributed by atoms with van der Waals surface area (Å²) in [5, 5.41) is 0.293. The van der Waals surface area contributed by atoms with Gasteiger partial charge in [-0.3, -0.25) is 4.79 Å². The molecule has 3 rings (SSSR count). The van der Waals surface area contributed by atoms with E-state index in [4.69, 9.17) is 4.74 Å². The highest BCUT2D eigenvalue weighted by Gasteiger charge is 2.26. The molecule has 1 aromatic carbocycles. The lowest BCUT2D eigenvalue weighted by Gasteiger charge is -2.25. The molecule has 2 aromatic rings. The Bertz CT molecular complexity index is 953. The van der Waals surface area contributed by atoms with Crippen LogP contribution in [-0.4, -0.2) is 55.0 Å². The van der Waals surface area contributed by atoms with E-state index < -0.39 is 10.0 Å². The van der Waals surface area contributed by atoms with Crippen LogP contribution in [0.5, 0.6) is 0 Å². The third kappa shape index (κ3) is 4.63. The first-order chi connectivity index (χ1) is 13.3. The minimum absolute atomic E-state index is 0.0277. The lowest BCUT2D eigenvalue weighted by molar-refractivity contribution is 0.0730. The summed E-state index contributed by atoms with van der Waals surface area (Å²) >= 11 is 1.32. The van der Waals surface area contributed by atoms with E-state index in [2.05, 4.69) is 4.98 Å². The smallest absolute Gasteiger partial charge is 0.244 e. The van der Waals surface area contributed by atoms with Crippen LogP contribution < -0.4 is 0 Å². The van der Waals surface area contributed by atoms with Gasteiger partial charge in [-0.1, -0.05) is 23.9 Å². The third-order valence-corrected chi connectivity index (χ3v) is 7.71. The number of hydrogen-bond donors (Lipinski definition) is 0. The van der Waals surface area contributed by atoms with Crippen LogP contribution in [0.4, 0.5) is 0 Å². The van der Waals surface area contributed by atoms with Gasteiger partial charge in [0, 0.05) is 24.8 Å². The van der Waals surface area contributed by atoms with Crippen molar-refractivity contribution in [3.8, 4) is 0 Å². The molecule has 8 heteroatoms. The van der Waals surface area contributed by atoms with Crippen molar-refractivity contribution in [3.05, 3.63) is 53.2 Å². The standard InChI is InChI=1S/C20H24N2O4S2/c1-14-4-5-17(12-15(14)2)20(23)16(3)27-19-7-6-18(13-21-19)28(24,25)22-8-10-26-11-9-22/h4-7,12-13,16H,8-11H2,1-3H3/t16-/m0/s1. The molecule has 0 saturated carbocycles. The molecule has 2 heterocycles. The Labute approximate surface area is 170 Å². The summed E-state index contributed by atoms with van der Waals surface area (Å²) in [5.41, 5.74) is 2.91. The van der Waals surface area contributed by atoms with E-state index in [0.29, 0.717) is 36.9 Å². The number of benzene rings is 1. The molecule has 1 saturated heterocycles. The van der Waals surface area contributed by atoms with Gasteiger partial charge < -0.3 is 4.74 Å². The molecule has 1 atom stereocenters. The lowest BCUT2D eigenvalue weighted by atomic mass is 10.0. The first kappa shape index (κ1) is 21.0. The zero-order valence-electron chi connectivity index (χ0n) is 16.2. The van der Waals surface area contributed by atoms with Crippen LogP contribution in [0.3, 0.4) is 0 Å². The van der Waals surface area contributed by atoms with Crippen LogP contribution >= 0.6 is 11.8 Å². The molecule has 0 aliphatic carbocycles. The van der Waals surface area contributed by atoms with Crippen molar-refractivity contribution in [1.29, 1.82) is 0 Å². The number of pyridine rings is 1. The molecule has 150 valence electrons. The van der Waals surface area contributed by atoms with Gasteiger partial charge in [-0.05, 0) is 50.1 Å². The molecule has 0 radical (unpaired) electrons. The molecule has 1 aliphatic heterocycles. The monoisotopic (exact) mass is 420 g/mol. The number of morpholine rings is 1. The number of carbonyl (C=O) groups is 1. The Morgan fingerprint density at radius 1 is 1.14 bits per heavy atom. The number of hydrogen-bond acceptors (Lipinski definition) is 6. The predicted octanol–water partition coefficient (Wildman–Crippen LogP) is 3.08. The highest BCUT2D eigenvalue weighted by atomic mass is 32.2. The summed E-state index contributed by atoms with van der Waals surface area (Å²) in [6.45, 7) is 7.33. The minimum atomic E-state index is -3.56. The second-order valence-electron chi connectivity index (χ2n) is 6.77. The molecule has 1 fully saturated rings. The van der Waals surface area contributed by atoms with Crippen LogP contribution in [0.1, 0.15) is 28.4 Å². The van der Waals surface area contributed by atoms with E-state index in [1.54, 1.807) is 12.1 Å². The van der Waals surface area contributed by atoms with Crippen LogP contribution in [0.25, 0.3) is 0 Å². The van der Waals surface area contributed by atoms with Gasteiger partial charge in [-0.2, -0.15) is 4.31 Å². The highest BCUT2D eigenvalue weighted by molar-refractivity contribution is 8.00. The first-order valence-electron chi connectivity index (χ1n) is 9.11. The van der Waals surface area contributed by atoms with Crippen molar-refractivity contribution in [2.75, 3.05) is 26.3 Å². The fraction of sp³-hybridized carbons (Fsp3) is 0.400. The Hall–Kier alpha value is -1.74. The highest BCUT2D eigenvalue weighted by Crippen LogP contribution is 2.26. The zero-order chi connectivity index (χ0) is 20.3. The van der Waals surface area contributed by atoms with Gasteiger partial charge in [0.05, 0.1) is 23.5 Å². The maximum atomic E-state index is 12.7. The van der Waals surface area contributed by atoms with Crippen LogP contribution in [0, 0.1) is 13.8 Å². The van der Waals surface area contributed by atoms with Crippen molar-refractivity contribution in [3.63, 3.8) is 0 Å². The van der Waals surface area contributed by atoms with E-state index in [1.807, 2.05) is 39.0 Å². The summed E-state index contributed by atoms with van der Waals surface area (Å²) in [6.07, 6.45) is 1.36. The molecule has 0 spiro atoms. The molecule has 1 aliphatic rings. The van der Waals surface area contributed by atoms with Crippen molar-refractivity contribution in [2.45, 2.75) is 35.9 Å². The van der Waals surface area contributed by atoms with Crippen LogP contribution in [-0.2, 0) is 14.8 Å². The topological polar surface area (TPSA) is 76.6 Å². The second kappa shape index (κ2) is 8.73. The van der Waals surface area contributed by atoms with Crippen molar-refractivity contribution < 1.29 is 17.9 Å². The van der Waals surface area contributed by atoms with E-state index in [-0.39, 0.29) is 15.9 Å². The number of thioether (sulfide) groups is 1. The fourth-order valence-electron chi connectivity index (χ4n) is 2.89. The molecular formula is C20H24N2O4S2. The number of carbonyl (C=O) groups excluding carboxylic acids is 1. The quantitative estimate of drug-likeness (QED) is 0.528. The Balaban J connectivity index is 1.69. The first-order valence-corrected chi connectivity index (χ1v) is 11.4. The molecule has 6 nitrogen and oxygen atoms in total. The maximum Gasteiger partial charge on any atom is 0.244 e. The molecule has 0 amide bonds. The Morgan fingerprint density at radius 3 is 2.46 bits per heavy atom. The van der Waals surface area contributed by atoms with Crippen molar-refractivity contribution >= 4 is 27.6 Å². The molecule has 1 aromatic heterocycles. The number of nitrogens with zero attached hydrogens (tertiary/aromatic N) is 2. The summed E-state index contributed by atoms with van der Waals surface area (Å²) in [7, 11) is -3.56. The summed E-state index contributed by atoms with van der Waals surface area (Å²) in [6, 6.07) is 8.90. The van der Waals surface area contributed by atoms with Gasteiger partial charge in [-0.15, -0.1) is 0 Å². The second-order valence-corrected chi connectivity index (χ2v) is 10.1. The van der Waals surface area contributed by atoms with Gasteiger partial charge in [0.2, 0.25) is 10.0 Å². The summed E-state index contributed by atoms with van der Waals surface area (Å²) in [5.74, 6) is 0.0277. The molecule has 0 bridgehead atoms. The number of aryl methyl sites for hydroxylation is 2. The molecule has 0 N–H and O–H groups in total. The normalized spacial score (nSPS) is 16.7. The molecular weight excluding hydrogens is 396 g/mol. The van der Waals surface area contributed by atoms with E-state index in [9.17, 15) is 13.2 Å². The minimum Gasteiger partial charge on any atom is -0.379 e. The zero-order valence-corrected chi connectivity index (χ0v) is 17.8. The maximum absolute atomic E-state index is 12.7. The van der Waals surface area contributed by atoms with E-state index in [1.165, 1.54) is 22.3 Å². The van der Waals surface area contributed by atoms with Gasteiger partial charge in [0.25, 0.3) is 0 Å². The van der Waals surface area contributed by atoms with Gasteiger partial charge in [0.1, 0.15) is 4.90 Å². The fourth-order valence-corrected chi connectivity index (χ4v) is 5.11. The predicted molar refractivity (Wildman–Crippen MR) is 109 cm³/mol. The van der Waals surface area contributed by atoms with E-state index in [0.717, 1.165) is 11.1 Å². The van der Waals surface area contributed by atoms with Gasteiger partial charge in [-0.25, -0.2) is 13.4 Å². The van der Waals surface area contributed by atoms with Gasteiger partial charge in [0.15, 0.2) is 5.78 Å². The summed E-state index contributed by atoms with van der Waals surface area (Å²) < 4.78 is 31.9. The van der Waals surface area contributed by atoms with Crippen molar-refractivity contribution in [2.24, 2.45) is 0 Å². The summed E-state index contributed by atoms with van der Waals surface area (Å²) in [4.78, 5) is 17.1. The molecule has 28 heavy (non-hydrogen) atoms. The number of sulfonamides is 1. The average Bonchev–Trinajstić information content (AvgIpc) is 2.70. The number of Topliss-reactive ketones (excluding diaryl/α,β-unsaturated/α-hetero) is 1. The number of rotatable bonds is 6. The van der Waals surface area contributed by atoms with E-state index >= 15 is 0 Å². The van der Waals surface area contributed by atoms with Gasteiger partial charge >= 0.3 is 0 Å².